The Morgan fingerprint density at radius 3 is 2.69 bits per heavy atom. The lowest BCUT2D eigenvalue weighted by molar-refractivity contribution is -0.0192. The number of β-amino-alcohol motifs (C(OH)–C–C–N with tert-alkyl or cyclic N) is 1. The molecule has 0 saturated carbocycles. The van der Waals surface area contributed by atoms with Crippen LogP contribution in [0.1, 0.15) is 24.5 Å². The Morgan fingerprint density at radius 2 is 2.06 bits per heavy atom. The third kappa shape index (κ3) is 2.63. The van der Waals surface area contributed by atoms with Crippen LogP contribution in [0.25, 0.3) is 0 Å². The summed E-state index contributed by atoms with van der Waals surface area (Å²) in [5.74, 6) is 0.372. The van der Waals surface area contributed by atoms with Gasteiger partial charge in [-0.2, -0.15) is 0 Å². The zero-order chi connectivity index (χ0) is 11.6. The molecule has 0 radical (unpaired) electrons. The van der Waals surface area contributed by atoms with Gasteiger partial charge in [0.05, 0.1) is 5.60 Å². The monoisotopic (exact) mass is 219 g/mol. The first-order valence-corrected chi connectivity index (χ1v) is 6.06. The van der Waals surface area contributed by atoms with Crippen LogP contribution in [0, 0.1) is 12.8 Å². The Kier molecular flexibility index (Phi) is 3.31. The van der Waals surface area contributed by atoms with E-state index in [4.69, 9.17) is 0 Å². The van der Waals surface area contributed by atoms with Gasteiger partial charge in [-0.15, -0.1) is 0 Å². The lowest BCUT2D eigenvalue weighted by atomic mass is 9.79. The highest BCUT2D eigenvalue weighted by molar-refractivity contribution is 5.22. The maximum absolute atomic E-state index is 10.3. The summed E-state index contributed by atoms with van der Waals surface area (Å²) in [7, 11) is 0. The van der Waals surface area contributed by atoms with Crippen LogP contribution >= 0.6 is 0 Å². The van der Waals surface area contributed by atoms with Crippen LogP contribution in [-0.2, 0) is 6.42 Å². The summed E-state index contributed by atoms with van der Waals surface area (Å²) in [6.45, 7) is 5.78. The van der Waals surface area contributed by atoms with E-state index in [1.807, 2.05) is 6.92 Å². The summed E-state index contributed by atoms with van der Waals surface area (Å²) in [6, 6.07) is 8.64. The van der Waals surface area contributed by atoms with Crippen molar-refractivity contribution in [2.24, 2.45) is 5.92 Å². The molecule has 2 heteroatoms. The van der Waals surface area contributed by atoms with Crippen molar-refractivity contribution in [1.82, 2.24) is 5.32 Å². The maximum Gasteiger partial charge on any atom is 0.0775 e. The highest BCUT2D eigenvalue weighted by Gasteiger charge is 2.34. The Hall–Kier alpha value is -0.860. The van der Waals surface area contributed by atoms with E-state index in [1.54, 1.807) is 0 Å². The van der Waals surface area contributed by atoms with Gasteiger partial charge in [0.1, 0.15) is 0 Å². The van der Waals surface area contributed by atoms with Crippen LogP contribution < -0.4 is 5.32 Å². The largest absolute Gasteiger partial charge is 0.389 e. The van der Waals surface area contributed by atoms with E-state index in [0.29, 0.717) is 12.5 Å². The zero-order valence-electron chi connectivity index (χ0n) is 10.2. The second kappa shape index (κ2) is 4.56. The van der Waals surface area contributed by atoms with Gasteiger partial charge in [-0.05, 0) is 44.7 Å². The fourth-order valence-corrected chi connectivity index (χ4v) is 2.40. The fraction of sp³-hybridized carbons (Fsp3) is 0.571. The minimum atomic E-state index is -0.566. The molecule has 2 nitrogen and oxygen atoms in total. The highest BCUT2D eigenvalue weighted by Crippen LogP contribution is 2.27. The molecule has 1 aromatic carbocycles. The topological polar surface area (TPSA) is 32.3 Å². The van der Waals surface area contributed by atoms with Gasteiger partial charge in [-0.1, -0.05) is 29.8 Å². The molecule has 1 saturated heterocycles. The third-order valence-electron chi connectivity index (χ3n) is 3.63. The van der Waals surface area contributed by atoms with Crippen molar-refractivity contribution >= 4 is 0 Å². The molecular formula is C14H21NO. The molecule has 1 heterocycles. The first-order chi connectivity index (χ1) is 7.58. The zero-order valence-corrected chi connectivity index (χ0v) is 10.2. The maximum atomic E-state index is 10.3. The number of hydrogen-bond acceptors (Lipinski definition) is 2. The second-order valence-corrected chi connectivity index (χ2v) is 5.21. The van der Waals surface area contributed by atoms with Gasteiger partial charge < -0.3 is 10.4 Å². The van der Waals surface area contributed by atoms with Crippen molar-refractivity contribution < 1.29 is 5.11 Å². The van der Waals surface area contributed by atoms with Gasteiger partial charge >= 0.3 is 0 Å². The van der Waals surface area contributed by atoms with E-state index in [2.05, 4.69) is 36.5 Å². The Balaban J connectivity index is 2.05. The quantitative estimate of drug-likeness (QED) is 0.796. The van der Waals surface area contributed by atoms with Gasteiger partial charge in [0.15, 0.2) is 0 Å². The number of piperidine rings is 1. The van der Waals surface area contributed by atoms with Gasteiger partial charge in [-0.25, -0.2) is 0 Å². The average molecular weight is 219 g/mol. The number of hydrogen-bond donors (Lipinski definition) is 2. The van der Waals surface area contributed by atoms with Gasteiger partial charge in [-0.3, -0.25) is 0 Å². The van der Waals surface area contributed by atoms with Gasteiger partial charge in [0.25, 0.3) is 0 Å². The molecule has 0 bridgehead atoms. The molecule has 88 valence electrons. The molecule has 1 fully saturated rings. The van der Waals surface area contributed by atoms with E-state index in [0.717, 1.165) is 19.4 Å². The summed E-state index contributed by atoms with van der Waals surface area (Å²) in [6.07, 6.45) is 2.04. The summed E-state index contributed by atoms with van der Waals surface area (Å²) in [4.78, 5) is 0. The molecule has 2 atom stereocenters. The summed E-state index contributed by atoms with van der Waals surface area (Å²) >= 11 is 0. The van der Waals surface area contributed by atoms with Gasteiger partial charge in [0.2, 0.25) is 0 Å². The summed E-state index contributed by atoms with van der Waals surface area (Å²) in [5, 5.41) is 13.5. The lowest BCUT2D eigenvalue weighted by Crippen LogP contribution is -2.50. The Bertz CT molecular complexity index is 342. The molecule has 2 unspecified atom stereocenters. The standard InChI is InChI=1S/C14H21NO/c1-11-3-5-12(6-4-11)9-13-7-8-15-10-14(13,2)16/h3-6,13,15-16H,7-10H2,1-2H3. The number of benzene rings is 1. The van der Waals surface area contributed by atoms with E-state index in [1.165, 1.54) is 11.1 Å². The molecule has 1 aromatic rings. The minimum absolute atomic E-state index is 0.372. The number of nitrogens with one attached hydrogen (secondary N) is 1. The van der Waals surface area contributed by atoms with Crippen LogP contribution in [-0.4, -0.2) is 23.8 Å². The normalized spacial score (nSPS) is 30.3. The minimum Gasteiger partial charge on any atom is -0.389 e. The van der Waals surface area contributed by atoms with E-state index in [-0.39, 0.29) is 0 Å². The summed E-state index contributed by atoms with van der Waals surface area (Å²) < 4.78 is 0. The number of aliphatic hydroxyl groups is 1. The van der Waals surface area contributed by atoms with Crippen LogP contribution in [0.3, 0.4) is 0 Å². The van der Waals surface area contributed by atoms with E-state index in [9.17, 15) is 5.11 Å². The van der Waals surface area contributed by atoms with Crippen molar-refractivity contribution in [2.45, 2.75) is 32.3 Å². The third-order valence-corrected chi connectivity index (χ3v) is 3.63. The smallest absolute Gasteiger partial charge is 0.0775 e. The molecule has 2 N–H and O–H groups in total. The van der Waals surface area contributed by atoms with Crippen molar-refractivity contribution in [3.8, 4) is 0 Å². The Labute approximate surface area is 97.7 Å². The van der Waals surface area contributed by atoms with E-state index >= 15 is 0 Å². The predicted octanol–water partition coefficient (Wildman–Crippen LogP) is 1.90. The number of rotatable bonds is 2. The van der Waals surface area contributed by atoms with E-state index < -0.39 is 5.60 Å². The molecule has 0 aliphatic carbocycles. The van der Waals surface area contributed by atoms with Crippen molar-refractivity contribution in [3.05, 3.63) is 35.4 Å². The predicted molar refractivity (Wildman–Crippen MR) is 66.5 cm³/mol. The first kappa shape index (κ1) is 11.6. The fourth-order valence-electron chi connectivity index (χ4n) is 2.40. The van der Waals surface area contributed by atoms with Crippen molar-refractivity contribution in [1.29, 1.82) is 0 Å². The van der Waals surface area contributed by atoms with Crippen molar-refractivity contribution in [3.63, 3.8) is 0 Å². The second-order valence-electron chi connectivity index (χ2n) is 5.21. The van der Waals surface area contributed by atoms with Crippen LogP contribution in [0.5, 0.6) is 0 Å². The van der Waals surface area contributed by atoms with Gasteiger partial charge in [0, 0.05) is 6.54 Å². The molecule has 0 aromatic heterocycles. The molecule has 1 aliphatic heterocycles. The average Bonchev–Trinajstić information content (AvgIpc) is 2.24. The molecule has 1 aliphatic rings. The molecule has 0 spiro atoms. The summed E-state index contributed by atoms with van der Waals surface area (Å²) in [5.41, 5.74) is 2.06. The molecular weight excluding hydrogens is 198 g/mol. The molecule has 0 amide bonds. The first-order valence-electron chi connectivity index (χ1n) is 6.06. The van der Waals surface area contributed by atoms with Crippen LogP contribution in [0.2, 0.25) is 0 Å². The molecule has 2 rings (SSSR count). The number of aryl methyl sites for hydroxylation is 1. The SMILES string of the molecule is Cc1ccc(CC2CCNCC2(C)O)cc1. The van der Waals surface area contributed by atoms with Crippen LogP contribution in [0.4, 0.5) is 0 Å². The molecule has 16 heavy (non-hydrogen) atoms. The lowest BCUT2D eigenvalue weighted by Gasteiger charge is -2.37. The van der Waals surface area contributed by atoms with Crippen LogP contribution in [0.15, 0.2) is 24.3 Å². The van der Waals surface area contributed by atoms with Crippen molar-refractivity contribution in [2.75, 3.05) is 13.1 Å². The highest BCUT2D eigenvalue weighted by atomic mass is 16.3. The Morgan fingerprint density at radius 1 is 1.38 bits per heavy atom.